The third-order valence-corrected chi connectivity index (χ3v) is 2.18. The molecule has 1 aromatic carbocycles. The predicted molar refractivity (Wildman–Crippen MR) is 76.7 cm³/mol. The standard InChI is InChI=1S/C13H16N4O4/c1-13(2,3)15-11(18)12(19)16-14-8-9-4-6-10(7-5-9)17(20)21/h4-8H,1-3H3,(H,15,18)(H,16,19). The van der Waals surface area contributed by atoms with E-state index in [1.807, 2.05) is 0 Å². The number of rotatable bonds is 3. The first-order valence-electron chi connectivity index (χ1n) is 6.09. The zero-order chi connectivity index (χ0) is 16.0. The summed E-state index contributed by atoms with van der Waals surface area (Å²) in [5, 5.41) is 16.6. The predicted octanol–water partition coefficient (Wildman–Crippen LogP) is 0.960. The van der Waals surface area contributed by atoms with Crippen LogP contribution in [0.3, 0.4) is 0 Å². The van der Waals surface area contributed by atoms with Crippen LogP contribution in [0.5, 0.6) is 0 Å². The van der Waals surface area contributed by atoms with E-state index >= 15 is 0 Å². The zero-order valence-corrected chi connectivity index (χ0v) is 11.9. The van der Waals surface area contributed by atoms with Crippen LogP contribution >= 0.6 is 0 Å². The van der Waals surface area contributed by atoms with E-state index < -0.39 is 22.3 Å². The molecule has 0 aromatic heterocycles. The molecule has 0 radical (unpaired) electrons. The average molecular weight is 292 g/mol. The molecule has 0 fully saturated rings. The van der Waals surface area contributed by atoms with Gasteiger partial charge in [0.15, 0.2) is 0 Å². The summed E-state index contributed by atoms with van der Waals surface area (Å²) in [6, 6.07) is 5.58. The maximum atomic E-state index is 11.4. The first-order valence-corrected chi connectivity index (χ1v) is 6.09. The fourth-order valence-electron chi connectivity index (χ4n) is 1.30. The Labute approximate surface area is 121 Å². The van der Waals surface area contributed by atoms with E-state index in [0.29, 0.717) is 5.56 Å². The number of hydrogen-bond donors (Lipinski definition) is 2. The third-order valence-electron chi connectivity index (χ3n) is 2.18. The number of amides is 2. The van der Waals surface area contributed by atoms with E-state index in [9.17, 15) is 19.7 Å². The van der Waals surface area contributed by atoms with E-state index in [-0.39, 0.29) is 5.69 Å². The van der Waals surface area contributed by atoms with E-state index in [1.165, 1.54) is 30.5 Å². The first kappa shape index (κ1) is 16.3. The van der Waals surface area contributed by atoms with Gasteiger partial charge in [0, 0.05) is 17.7 Å². The molecule has 8 nitrogen and oxygen atoms in total. The molecule has 0 bridgehead atoms. The molecule has 0 saturated carbocycles. The SMILES string of the molecule is CC(C)(C)NC(=O)C(=O)NN=Cc1ccc([N+](=O)[O-])cc1. The normalized spacial score (nSPS) is 11.2. The maximum absolute atomic E-state index is 11.4. The van der Waals surface area contributed by atoms with Crippen molar-refractivity contribution in [2.24, 2.45) is 5.10 Å². The lowest BCUT2D eigenvalue weighted by Crippen LogP contribution is -2.47. The van der Waals surface area contributed by atoms with Gasteiger partial charge in [-0.2, -0.15) is 5.10 Å². The topological polar surface area (TPSA) is 114 Å². The summed E-state index contributed by atoms with van der Waals surface area (Å²) in [4.78, 5) is 32.8. The molecule has 0 spiro atoms. The molecule has 0 saturated heterocycles. The largest absolute Gasteiger partial charge is 0.343 e. The molecule has 112 valence electrons. The zero-order valence-electron chi connectivity index (χ0n) is 11.9. The molecule has 0 aliphatic carbocycles. The van der Waals surface area contributed by atoms with Crippen LogP contribution in [0.4, 0.5) is 5.69 Å². The highest BCUT2D eigenvalue weighted by atomic mass is 16.6. The monoisotopic (exact) mass is 292 g/mol. The number of benzene rings is 1. The summed E-state index contributed by atoms with van der Waals surface area (Å²) >= 11 is 0. The van der Waals surface area contributed by atoms with Crippen molar-refractivity contribution in [1.29, 1.82) is 0 Å². The van der Waals surface area contributed by atoms with Crippen molar-refractivity contribution in [3.63, 3.8) is 0 Å². The number of nitrogens with zero attached hydrogens (tertiary/aromatic N) is 2. The van der Waals surface area contributed by atoms with Gasteiger partial charge in [0.1, 0.15) is 0 Å². The van der Waals surface area contributed by atoms with Crippen molar-refractivity contribution in [1.82, 2.24) is 10.7 Å². The Balaban J connectivity index is 2.56. The first-order chi connectivity index (χ1) is 9.69. The van der Waals surface area contributed by atoms with Gasteiger partial charge in [-0.15, -0.1) is 0 Å². The molecule has 1 aromatic rings. The summed E-state index contributed by atoms with van der Waals surface area (Å²) in [5.74, 6) is -1.67. The Bertz CT molecular complexity index is 573. The molecule has 0 aliphatic rings. The van der Waals surface area contributed by atoms with Gasteiger partial charge in [0.2, 0.25) is 0 Å². The molecule has 21 heavy (non-hydrogen) atoms. The van der Waals surface area contributed by atoms with Crippen molar-refractivity contribution in [3.05, 3.63) is 39.9 Å². The Hall–Kier alpha value is -2.77. The highest BCUT2D eigenvalue weighted by Gasteiger charge is 2.19. The van der Waals surface area contributed by atoms with Crippen LogP contribution in [0.15, 0.2) is 29.4 Å². The molecule has 0 aliphatic heterocycles. The van der Waals surface area contributed by atoms with Gasteiger partial charge in [0.25, 0.3) is 5.69 Å². The van der Waals surface area contributed by atoms with Crippen molar-refractivity contribution < 1.29 is 14.5 Å². The highest BCUT2D eigenvalue weighted by Crippen LogP contribution is 2.10. The number of hydrazone groups is 1. The Kier molecular flexibility index (Phi) is 5.12. The quantitative estimate of drug-likeness (QED) is 0.374. The van der Waals surface area contributed by atoms with Crippen molar-refractivity contribution in [3.8, 4) is 0 Å². The molecule has 0 heterocycles. The number of nitrogens with one attached hydrogen (secondary N) is 2. The minimum atomic E-state index is -0.886. The number of non-ortho nitro benzene ring substituents is 1. The van der Waals surface area contributed by atoms with Crippen LogP contribution < -0.4 is 10.7 Å². The molecule has 1 rings (SSSR count). The lowest BCUT2D eigenvalue weighted by atomic mass is 10.1. The van der Waals surface area contributed by atoms with Crippen LogP contribution in [-0.4, -0.2) is 28.5 Å². The van der Waals surface area contributed by atoms with E-state index in [4.69, 9.17) is 0 Å². The lowest BCUT2D eigenvalue weighted by Gasteiger charge is -2.19. The Morgan fingerprint density at radius 1 is 1.19 bits per heavy atom. The molecular weight excluding hydrogens is 276 g/mol. The number of nitro groups is 1. The second kappa shape index (κ2) is 6.60. The minimum Gasteiger partial charge on any atom is -0.343 e. The Morgan fingerprint density at radius 2 is 1.76 bits per heavy atom. The summed E-state index contributed by atoms with van der Waals surface area (Å²) in [6.45, 7) is 5.25. The van der Waals surface area contributed by atoms with Crippen molar-refractivity contribution in [2.75, 3.05) is 0 Å². The van der Waals surface area contributed by atoms with Crippen LogP contribution in [0, 0.1) is 10.1 Å². The summed E-state index contributed by atoms with van der Waals surface area (Å²) < 4.78 is 0. The fourth-order valence-corrected chi connectivity index (χ4v) is 1.30. The van der Waals surface area contributed by atoms with Gasteiger partial charge in [-0.3, -0.25) is 19.7 Å². The van der Waals surface area contributed by atoms with Crippen LogP contribution in [-0.2, 0) is 9.59 Å². The summed E-state index contributed by atoms with van der Waals surface area (Å²) in [7, 11) is 0. The smallest absolute Gasteiger partial charge is 0.329 e. The van der Waals surface area contributed by atoms with Gasteiger partial charge in [-0.1, -0.05) is 0 Å². The summed E-state index contributed by atoms with van der Waals surface area (Å²) in [6.07, 6.45) is 1.28. The van der Waals surface area contributed by atoms with Crippen LogP contribution in [0.1, 0.15) is 26.3 Å². The second-order valence-corrected chi connectivity index (χ2v) is 5.25. The lowest BCUT2D eigenvalue weighted by molar-refractivity contribution is -0.384. The number of hydrogen-bond acceptors (Lipinski definition) is 5. The molecule has 0 atom stereocenters. The molecule has 0 unspecified atom stereocenters. The second-order valence-electron chi connectivity index (χ2n) is 5.25. The average Bonchev–Trinajstić information content (AvgIpc) is 2.37. The number of carbonyl (C=O) groups is 2. The molecule has 2 N–H and O–H groups in total. The maximum Gasteiger partial charge on any atom is 0.329 e. The van der Waals surface area contributed by atoms with Gasteiger partial charge in [-0.25, -0.2) is 5.43 Å². The van der Waals surface area contributed by atoms with Crippen molar-refractivity contribution in [2.45, 2.75) is 26.3 Å². The molecular formula is C13H16N4O4. The number of nitro benzene ring substituents is 1. The van der Waals surface area contributed by atoms with E-state index in [0.717, 1.165) is 0 Å². The summed E-state index contributed by atoms with van der Waals surface area (Å²) in [5.41, 5.74) is 2.07. The van der Waals surface area contributed by atoms with E-state index in [2.05, 4.69) is 15.8 Å². The fraction of sp³-hybridized carbons (Fsp3) is 0.308. The molecule has 8 heteroatoms. The van der Waals surface area contributed by atoms with Gasteiger partial charge < -0.3 is 5.32 Å². The highest BCUT2D eigenvalue weighted by molar-refractivity contribution is 6.35. The van der Waals surface area contributed by atoms with E-state index in [1.54, 1.807) is 20.8 Å². The van der Waals surface area contributed by atoms with Crippen LogP contribution in [0.2, 0.25) is 0 Å². The van der Waals surface area contributed by atoms with Gasteiger partial charge in [-0.05, 0) is 38.5 Å². The van der Waals surface area contributed by atoms with Crippen molar-refractivity contribution >= 4 is 23.7 Å². The molecule has 2 amide bonds. The minimum absolute atomic E-state index is 0.0410. The number of carbonyl (C=O) groups excluding carboxylic acids is 2. The van der Waals surface area contributed by atoms with Gasteiger partial charge >= 0.3 is 11.8 Å². The van der Waals surface area contributed by atoms with Crippen LogP contribution in [0.25, 0.3) is 0 Å². The van der Waals surface area contributed by atoms with Gasteiger partial charge in [0.05, 0.1) is 11.1 Å². The third kappa shape index (κ3) is 5.81. The Morgan fingerprint density at radius 3 is 2.24 bits per heavy atom.